The molecule has 1 fully saturated rings. The maximum absolute atomic E-state index is 12.4. The van der Waals surface area contributed by atoms with Crippen molar-refractivity contribution in [1.82, 2.24) is 10.2 Å². The van der Waals surface area contributed by atoms with E-state index in [4.69, 9.17) is 4.74 Å². The lowest BCUT2D eigenvalue weighted by Crippen LogP contribution is -2.69. The zero-order valence-corrected chi connectivity index (χ0v) is 15.4. The van der Waals surface area contributed by atoms with Crippen LogP contribution in [-0.4, -0.2) is 59.2 Å². The van der Waals surface area contributed by atoms with Crippen LogP contribution >= 0.6 is 11.8 Å². The fourth-order valence-corrected chi connectivity index (χ4v) is 4.19. The standard InChI is InChI=1S/C17H24N2O5S/c1-3-4-5-6-18-15-16(23)19-13(8-20)12(10-25-17(15)19)9-24-14(22)7-11(2)21/h8,15,17-18H,3-7,9-10H2,1-2H3/t15?,17-/m1/s1. The number of aldehydes is 1. The number of rotatable bonds is 10. The van der Waals surface area contributed by atoms with Gasteiger partial charge in [0.15, 0.2) is 6.29 Å². The maximum atomic E-state index is 12.4. The van der Waals surface area contributed by atoms with E-state index in [-0.39, 0.29) is 41.8 Å². The predicted octanol–water partition coefficient (Wildman–Crippen LogP) is 1.03. The number of nitrogens with one attached hydrogen (secondary N) is 1. The van der Waals surface area contributed by atoms with Crippen molar-refractivity contribution < 1.29 is 23.9 Å². The molecule has 2 aliphatic rings. The van der Waals surface area contributed by atoms with Crippen LogP contribution < -0.4 is 5.32 Å². The molecule has 1 saturated heterocycles. The number of hydrogen-bond donors (Lipinski definition) is 1. The lowest BCUT2D eigenvalue weighted by Gasteiger charge is -2.49. The first-order valence-corrected chi connectivity index (χ1v) is 9.54. The third-order valence-corrected chi connectivity index (χ3v) is 5.49. The van der Waals surface area contributed by atoms with E-state index in [2.05, 4.69) is 12.2 Å². The molecular formula is C17H24N2O5S. The molecule has 2 aliphatic heterocycles. The highest BCUT2D eigenvalue weighted by atomic mass is 32.2. The molecule has 0 radical (unpaired) electrons. The minimum Gasteiger partial charge on any atom is -0.461 e. The van der Waals surface area contributed by atoms with E-state index in [0.29, 0.717) is 17.6 Å². The number of thioether (sulfide) groups is 1. The van der Waals surface area contributed by atoms with Gasteiger partial charge in [0.1, 0.15) is 30.2 Å². The number of Topliss-reactive ketones (excluding diaryl/α,β-unsaturated/α-hetero) is 1. The molecule has 1 N–H and O–H groups in total. The Kier molecular flexibility index (Phi) is 7.19. The number of allylic oxidation sites excluding steroid dienone is 1. The summed E-state index contributed by atoms with van der Waals surface area (Å²) < 4.78 is 5.04. The quantitative estimate of drug-likeness (QED) is 0.202. The van der Waals surface area contributed by atoms with Crippen molar-refractivity contribution in [1.29, 1.82) is 0 Å². The second kappa shape index (κ2) is 9.15. The number of carbonyl (C=O) groups is 4. The highest BCUT2D eigenvalue weighted by molar-refractivity contribution is 8.00. The Morgan fingerprint density at radius 3 is 2.80 bits per heavy atom. The van der Waals surface area contributed by atoms with E-state index >= 15 is 0 Å². The summed E-state index contributed by atoms with van der Waals surface area (Å²) in [6.45, 7) is 4.15. The lowest BCUT2D eigenvalue weighted by atomic mass is 10.0. The van der Waals surface area contributed by atoms with Gasteiger partial charge in [-0.3, -0.25) is 24.1 Å². The number of hydrogen-bond acceptors (Lipinski definition) is 7. The molecule has 0 aromatic rings. The van der Waals surface area contributed by atoms with Gasteiger partial charge in [-0.05, 0) is 19.9 Å². The first-order valence-electron chi connectivity index (χ1n) is 8.49. The van der Waals surface area contributed by atoms with Crippen molar-refractivity contribution in [3.8, 4) is 0 Å². The Morgan fingerprint density at radius 2 is 2.16 bits per heavy atom. The fourth-order valence-electron chi connectivity index (χ4n) is 2.82. The Morgan fingerprint density at radius 1 is 1.40 bits per heavy atom. The smallest absolute Gasteiger partial charge is 0.313 e. The van der Waals surface area contributed by atoms with Crippen molar-refractivity contribution in [2.75, 3.05) is 18.9 Å². The molecule has 2 heterocycles. The number of carbonyl (C=O) groups excluding carboxylic acids is 4. The third kappa shape index (κ3) is 4.70. The highest BCUT2D eigenvalue weighted by Crippen LogP contribution is 2.39. The zero-order chi connectivity index (χ0) is 18.4. The van der Waals surface area contributed by atoms with Crippen LogP contribution in [0.1, 0.15) is 39.5 Å². The van der Waals surface area contributed by atoms with Gasteiger partial charge >= 0.3 is 5.97 Å². The Bertz CT molecular complexity index is 590. The average molecular weight is 368 g/mol. The number of β-lactam (4-membered cyclic amide) rings is 1. The van der Waals surface area contributed by atoms with E-state index in [1.165, 1.54) is 11.8 Å². The molecule has 0 aliphatic carbocycles. The molecule has 0 saturated carbocycles. The molecule has 8 heteroatoms. The maximum Gasteiger partial charge on any atom is 0.313 e. The SMILES string of the molecule is CCCCCNC1C(=O)N2C(C=O)=C(COC(=O)CC(C)=O)CS[C@H]12. The van der Waals surface area contributed by atoms with Gasteiger partial charge in [-0.2, -0.15) is 0 Å². The largest absolute Gasteiger partial charge is 0.461 e. The summed E-state index contributed by atoms with van der Waals surface area (Å²) in [6.07, 6.45) is 3.61. The molecule has 0 bridgehead atoms. The van der Waals surface area contributed by atoms with E-state index in [9.17, 15) is 19.2 Å². The number of unbranched alkanes of at least 4 members (excludes halogenated alkanes) is 2. The summed E-state index contributed by atoms with van der Waals surface area (Å²) in [4.78, 5) is 47.7. The summed E-state index contributed by atoms with van der Waals surface area (Å²) in [5, 5.41) is 3.17. The third-order valence-electron chi connectivity index (χ3n) is 4.15. The van der Waals surface area contributed by atoms with Crippen LogP contribution in [0, 0.1) is 0 Å². The Balaban J connectivity index is 1.94. The van der Waals surface area contributed by atoms with Crippen LogP contribution in [0.4, 0.5) is 0 Å². The summed E-state index contributed by atoms with van der Waals surface area (Å²) in [7, 11) is 0. The van der Waals surface area contributed by atoms with Gasteiger partial charge in [-0.1, -0.05) is 19.8 Å². The molecule has 138 valence electrons. The lowest BCUT2D eigenvalue weighted by molar-refractivity contribution is -0.145. The predicted molar refractivity (Wildman–Crippen MR) is 93.8 cm³/mol. The molecule has 0 spiro atoms. The number of esters is 1. The number of fused-ring (bicyclic) bond motifs is 1. The second-order valence-corrected chi connectivity index (χ2v) is 7.30. The van der Waals surface area contributed by atoms with Crippen LogP contribution in [0.15, 0.2) is 11.3 Å². The molecule has 2 atom stereocenters. The molecule has 0 aromatic heterocycles. The molecule has 1 amide bonds. The van der Waals surface area contributed by atoms with E-state index in [0.717, 1.165) is 25.8 Å². The minimum atomic E-state index is -0.622. The van der Waals surface area contributed by atoms with Gasteiger partial charge in [0.2, 0.25) is 5.91 Å². The van der Waals surface area contributed by atoms with Crippen LogP contribution in [0.3, 0.4) is 0 Å². The molecule has 1 unspecified atom stereocenters. The van der Waals surface area contributed by atoms with Crippen LogP contribution in [0.2, 0.25) is 0 Å². The molecular weight excluding hydrogens is 344 g/mol. The van der Waals surface area contributed by atoms with Crippen molar-refractivity contribution in [2.45, 2.75) is 50.9 Å². The second-order valence-electron chi connectivity index (χ2n) is 6.19. The van der Waals surface area contributed by atoms with E-state index < -0.39 is 5.97 Å². The van der Waals surface area contributed by atoms with Crippen molar-refractivity contribution >= 4 is 35.7 Å². The topological polar surface area (TPSA) is 92.8 Å². The van der Waals surface area contributed by atoms with Gasteiger partial charge in [0, 0.05) is 11.3 Å². The van der Waals surface area contributed by atoms with Crippen LogP contribution in [0.5, 0.6) is 0 Å². The van der Waals surface area contributed by atoms with Crippen molar-refractivity contribution in [2.24, 2.45) is 0 Å². The fraction of sp³-hybridized carbons (Fsp3) is 0.647. The Labute approximate surface area is 151 Å². The van der Waals surface area contributed by atoms with E-state index in [1.54, 1.807) is 11.8 Å². The highest BCUT2D eigenvalue weighted by Gasteiger charge is 2.51. The first-order chi connectivity index (χ1) is 12.0. The molecule has 7 nitrogen and oxygen atoms in total. The summed E-state index contributed by atoms with van der Waals surface area (Å²) in [5.74, 6) is -0.503. The minimum absolute atomic E-state index is 0.0711. The first kappa shape index (κ1) is 19.7. The van der Waals surface area contributed by atoms with Crippen LogP contribution in [-0.2, 0) is 23.9 Å². The van der Waals surface area contributed by atoms with Gasteiger partial charge in [0.05, 0.1) is 5.70 Å². The van der Waals surface area contributed by atoms with Gasteiger partial charge in [-0.25, -0.2) is 0 Å². The zero-order valence-electron chi connectivity index (χ0n) is 14.6. The number of ketones is 1. The monoisotopic (exact) mass is 368 g/mol. The average Bonchev–Trinajstić information content (AvgIpc) is 2.58. The number of nitrogens with zero attached hydrogens (tertiary/aromatic N) is 1. The van der Waals surface area contributed by atoms with Crippen molar-refractivity contribution in [3.63, 3.8) is 0 Å². The molecule has 2 rings (SSSR count). The number of amides is 1. The Hall–Kier alpha value is -1.67. The normalized spacial score (nSPS) is 22.3. The van der Waals surface area contributed by atoms with Gasteiger partial charge in [-0.15, -0.1) is 11.8 Å². The summed E-state index contributed by atoms with van der Waals surface area (Å²) >= 11 is 1.55. The molecule has 25 heavy (non-hydrogen) atoms. The van der Waals surface area contributed by atoms with Crippen LogP contribution in [0.25, 0.3) is 0 Å². The van der Waals surface area contributed by atoms with Gasteiger partial charge in [0.25, 0.3) is 0 Å². The van der Waals surface area contributed by atoms with Crippen molar-refractivity contribution in [3.05, 3.63) is 11.3 Å². The summed E-state index contributed by atoms with van der Waals surface area (Å²) in [6, 6.07) is -0.265. The molecule has 0 aromatic carbocycles. The van der Waals surface area contributed by atoms with Gasteiger partial charge < -0.3 is 10.1 Å². The van der Waals surface area contributed by atoms with E-state index in [1.807, 2.05) is 0 Å². The number of ether oxygens (including phenoxy) is 1. The summed E-state index contributed by atoms with van der Waals surface area (Å²) in [5.41, 5.74) is 0.891.